The summed E-state index contributed by atoms with van der Waals surface area (Å²) >= 11 is 5.72. The maximum atomic E-state index is 13.7. The zero-order chi connectivity index (χ0) is 15.8. The Morgan fingerprint density at radius 2 is 1.62 bits per heavy atom. The molecule has 8 heteroatoms. The Balaban J connectivity index is 2.54. The number of hydrogen-bond donors (Lipinski definition) is 1. The van der Waals surface area contributed by atoms with Gasteiger partial charge in [-0.3, -0.25) is 0 Å². The van der Waals surface area contributed by atoms with Crippen molar-refractivity contribution in [1.29, 1.82) is 0 Å². The molecule has 0 heterocycles. The summed E-state index contributed by atoms with van der Waals surface area (Å²) < 4.78 is 65.2. The van der Waals surface area contributed by atoms with Crippen molar-refractivity contribution in [1.82, 2.24) is 0 Å². The van der Waals surface area contributed by atoms with Gasteiger partial charge in [0.05, 0.1) is 5.75 Å². The molecule has 0 spiro atoms. The molecular formula is C13H9ClF3NO2S. The normalized spacial score (nSPS) is 11.6. The molecule has 0 bridgehead atoms. The van der Waals surface area contributed by atoms with Crippen LogP contribution in [-0.4, -0.2) is 8.42 Å². The van der Waals surface area contributed by atoms with E-state index in [9.17, 15) is 21.6 Å². The highest BCUT2D eigenvalue weighted by Crippen LogP contribution is 2.28. The number of hydrogen-bond acceptors (Lipinski definition) is 3. The zero-order valence-electron chi connectivity index (χ0n) is 10.4. The van der Waals surface area contributed by atoms with Crippen LogP contribution >= 0.6 is 11.6 Å². The summed E-state index contributed by atoms with van der Waals surface area (Å²) in [6, 6.07) is 4.94. The fraction of sp³-hybridized carbons (Fsp3) is 0.0769. The van der Waals surface area contributed by atoms with E-state index >= 15 is 0 Å². The van der Waals surface area contributed by atoms with Gasteiger partial charge in [-0.25, -0.2) is 21.6 Å². The van der Waals surface area contributed by atoms with Crippen molar-refractivity contribution in [2.75, 3.05) is 5.73 Å². The van der Waals surface area contributed by atoms with E-state index in [2.05, 4.69) is 0 Å². The number of sulfone groups is 1. The largest absolute Gasteiger partial charge is 0.399 e. The van der Waals surface area contributed by atoms with Gasteiger partial charge in [0.25, 0.3) is 0 Å². The first-order valence-corrected chi connectivity index (χ1v) is 7.65. The van der Waals surface area contributed by atoms with Gasteiger partial charge in [-0.2, -0.15) is 0 Å². The van der Waals surface area contributed by atoms with Crippen LogP contribution in [0, 0.1) is 17.5 Å². The van der Waals surface area contributed by atoms with E-state index in [1.807, 2.05) is 0 Å². The number of halogens is 4. The Morgan fingerprint density at radius 3 is 2.14 bits per heavy atom. The molecule has 0 amide bonds. The molecule has 0 aromatic heterocycles. The molecule has 0 aliphatic heterocycles. The van der Waals surface area contributed by atoms with Gasteiger partial charge in [0.1, 0.15) is 22.3 Å². The lowest BCUT2D eigenvalue weighted by atomic mass is 10.2. The first-order chi connectivity index (χ1) is 9.72. The predicted octanol–water partition coefficient (Wildman–Crippen LogP) is 3.31. The van der Waals surface area contributed by atoms with Gasteiger partial charge >= 0.3 is 0 Å². The number of nitrogen functional groups attached to an aromatic ring is 1. The molecule has 0 radical (unpaired) electrons. The molecule has 2 aromatic rings. The average Bonchev–Trinajstić information content (AvgIpc) is 2.32. The van der Waals surface area contributed by atoms with Crippen LogP contribution in [0.4, 0.5) is 18.9 Å². The van der Waals surface area contributed by atoms with Gasteiger partial charge in [0.2, 0.25) is 0 Å². The smallest absolute Gasteiger partial charge is 0.188 e. The summed E-state index contributed by atoms with van der Waals surface area (Å²) in [7, 11) is -4.47. The third kappa shape index (κ3) is 3.14. The van der Waals surface area contributed by atoms with Gasteiger partial charge < -0.3 is 5.73 Å². The van der Waals surface area contributed by atoms with Crippen molar-refractivity contribution in [3.05, 3.63) is 58.4 Å². The van der Waals surface area contributed by atoms with Crippen molar-refractivity contribution >= 4 is 27.1 Å². The van der Waals surface area contributed by atoms with Crippen molar-refractivity contribution < 1.29 is 21.6 Å². The quantitative estimate of drug-likeness (QED) is 0.875. The van der Waals surface area contributed by atoms with Gasteiger partial charge in [-0.1, -0.05) is 17.7 Å². The second kappa shape index (κ2) is 5.57. The molecule has 2 N–H and O–H groups in total. The lowest BCUT2D eigenvalue weighted by molar-refractivity contribution is 0.519. The average molecular weight is 336 g/mol. The second-order valence-electron chi connectivity index (χ2n) is 4.27. The third-order valence-corrected chi connectivity index (χ3v) is 4.76. The van der Waals surface area contributed by atoms with Crippen molar-refractivity contribution in [2.24, 2.45) is 0 Å². The van der Waals surface area contributed by atoms with Crippen molar-refractivity contribution in [3.8, 4) is 0 Å². The maximum Gasteiger partial charge on any atom is 0.188 e. The minimum Gasteiger partial charge on any atom is -0.399 e. The van der Waals surface area contributed by atoms with Crippen molar-refractivity contribution in [2.45, 2.75) is 10.6 Å². The summed E-state index contributed by atoms with van der Waals surface area (Å²) in [5, 5.41) is -0.144. The Morgan fingerprint density at radius 1 is 1.05 bits per heavy atom. The Labute approximate surface area is 124 Å². The fourth-order valence-corrected chi connectivity index (χ4v) is 3.65. The van der Waals surface area contributed by atoms with E-state index in [-0.39, 0.29) is 16.3 Å². The van der Waals surface area contributed by atoms with E-state index in [1.54, 1.807) is 0 Å². The van der Waals surface area contributed by atoms with Crippen LogP contribution in [0.15, 0.2) is 35.2 Å². The van der Waals surface area contributed by atoms with E-state index < -0.39 is 37.9 Å². The standard InChI is InChI=1S/C13H9ClF3NO2S/c14-9-2-1-3-10(15)8(9)6-21(19,20)13-11(16)4-7(18)5-12(13)17/h1-5H,6,18H2. The summed E-state index contributed by atoms with van der Waals surface area (Å²) in [5.74, 6) is -4.50. The van der Waals surface area contributed by atoms with Gasteiger partial charge in [0.15, 0.2) is 9.84 Å². The fourth-order valence-electron chi connectivity index (χ4n) is 1.81. The van der Waals surface area contributed by atoms with E-state index in [1.165, 1.54) is 12.1 Å². The van der Waals surface area contributed by atoms with Crippen LogP contribution in [0.2, 0.25) is 5.02 Å². The molecular weight excluding hydrogens is 327 g/mol. The molecule has 3 nitrogen and oxygen atoms in total. The zero-order valence-corrected chi connectivity index (χ0v) is 12.0. The molecule has 0 fully saturated rings. The van der Waals surface area contributed by atoms with E-state index in [4.69, 9.17) is 17.3 Å². The molecule has 21 heavy (non-hydrogen) atoms. The minimum absolute atomic E-state index is 0.144. The van der Waals surface area contributed by atoms with Gasteiger partial charge in [-0.05, 0) is 24.3 Å². The number of benzene rings is 2. The lowest BCUT2D eigenvalue weighted by Gasteiger charge is -2.10. The topological polar surface area (TPSA) is 60.2 Å². The summed E-state index contributed by atoms with van der Waals surface area (Å²) in [5.41, 5.74) is 4.61. The number of rotatable bonds is 3. The highest BCUT2D eigenvalue weighted by molar-refractivity contribution is 7.90. The number of anilines is 1. The molecule has 0 aliphatic rings. The summed E-state index contributed by atoms with van der Waals surface area (Å²) in [6.45, 7) is 0. The first kappa shape index (κ1) is 15.7. The molecule has 0 unspecified atom stereocenters. The Bertz CT molecular complexity index is 766. The third-order valence-electron chi connectivity index (χ3n) is 2.73. The molecule has 0 atom stereocenters. The molecule has 2 aromatic carbocycles. The lowest BCUT2D eigenvalue weighted by Crippen LogP contribution is -2.12. The molecule has 0 saturated carbocycles. The van der Waals surface area contributed by atoms with E-state index in [0.717, 1.165) is 6.07 Å². The summed E-state index contributed by atoms with van der Waals surface area (Å²) in [4.78, 5) is -1.16. The second-order valence-corrected chi connectivity index (χ2v) is 6.61. The monoisotopic (exact) mass is 335 g/mol. The molecule has 112 valence electrons. The molecule has 0 saturated heterocycles. The summed E-state index contributed by atoms with van der Waals surface area (Å²) in [6.07, 6.45) is 0. The first-order valence-electron chi connectivity index (χ1n) is 5.62. The van der Waals surface area contributed by atoms with Crippen molar-refractivity contribution in [3.63, 3.8) is 0 Å². The minimum atomic E-state index is -4.47. The van der Waals surface area contributed by atoms with Gasteiger partial charge in [-0.15, -0.1) is 0 Å². The predicted molar refractivity (Wildman–Crippen MR) is 73.1 cm³/mol. The molecule has 0 aliphatic carbocycles. The van der Waals surface area contributed by atoms with Crippen LogP contribution in [0.25, 0.3) is 0 Å². The van der Waals surface area contributed by atoms with Crippen LogP contribution in [0.5, 0.6) is 0 Å². The SMILES string of the molecule is Nc1cc(F)c(S(=O)(=O)Cc2c(F)cccc2Cl)c(F)c1. The van der Waals surface area contributed by atoms with Gasteiger partial charge in [0, 0.05) is 16.3 Å². The van der Waals surface area contributed by atoms with Crippen LogP contribution in [0.1, 0.15) is 5.56 Å². The Hall–Kier alpha value is -1.73. The van der Waals surface area contributed by atoms with Crippen LogP contribution < -0.4 is 5.73 Å². The van der Waals surface area contributed by atoms with Crippen LogP contribution in [-0.2, 0) is 15.6 Å². The Kier molecular flexibility index (Phi) is 4.15. The molecule has 2 rings (SSSR count). The van der Waals surface area contributed by atoms with Crippen LogP contribution in [0.3, 0.4) is 0 Å². The highest BCUT2D eigenvalue weighted by Gasteiger charge is 2.27. The van der Waals surface area contributed by atoms with E-state index in [0.29, 0.717) is 12.1 Å². The maximum absolute atomic E-state index is 13.7. The number of nitrogens with two attached hydrogens (primary N) is 1. The highest BCUT2D eigenvalue weighted by atomic mass is 35.5.